The van der Waals surface area contributed by atoms with E-state index in [0.29, 0.717) is 5.92 Å². The van der Waals surface area contributed by atoms with E-state index in [4.69, 9.17) is 0 Å². The highest BCUT2D eigenvalue weighted by atomic mass is 16.1. The third-order valence-corrected chi connectivity index (χ3v) is 4.31. The lowest BCUT2D eigenvalue weighted by atomic mass is 9.98. The van der Waals surface area contributed by atoms with E-state index in [1.807, 2.05) is 12.1 Å². The van der Waals surface area contributed by atoms with Crippen LogP contribution in [0.3, 0.4) is 0 Å². The number of aromatic amines is 1. The molecule has 2 heteroatoms. The fourth-order valence-electron chi connectivity index (χ4n) is 3.08. The van der Waals surface area contributed by atoms with Gasteiger partial charge in [-0.25, -0.2) is 0 Å². The van der Waals surface area contributed by atoms with Crippen molar-refractivity contribution in [1.29, 1.82) is 0 Å². The van der Waals surface area contributed by atoms with Crippen molar-refractivity contribution in [2.75, 3.05) is 0 Å². The van der Waals surface area contributed by atoms with Crippen LogP contribution in [0.5, 0.6) is 0 Å². The zero-order valence-corrected chi connectivity index (χ0v) is 13.5. The topological polar surface area (TPSA) is 32.9 Å². The Labute approximate surface area is 131 Å². The van der Waals surface area contributed by atoms with Gasteiger partial charge >= 0.3 is 0 Å². The average Bonchev–Trinajstić information content (AvgIpc) is 2.87. The van der Waals surface area contributed by atoms with Gasteiger partial charge in [0.1, 0.15) is 0 Å². The van der Waals surface area contributed by atoms with Crippen LogP contribution in [-0.4, -0.2) is 11.3 Å². The molecular formula is C20H21NO. The van der Waals surface area contributed by atoms with Gasteiger partial charge in [0, 0.05) is 16.5 Å². The number of hydrogen-bond donors (Lipinski definition) is 1. The van der Waals surface area contributed by atoms with E-state index < -0.39 is 0 Å². The number of nitrogens with one attached hydrogen (secondary N) is 1. The molecule has 22 heavy (non-hydrogen) atoms. The quantitative estimate of drug-likeness (QED) is 0.645. The Kier molecular flexibility index (Phi) is 3.61. The first-order chi connectivity index (χ1) is 10.5. The molecule has 0 saturated carbocycles. The maximum Gasteiger partial charge on any atom is 0.152 e. The second-order valence-corrected chi connectivity index (χ2v) is 6.27. The molecule has 0 fully saturated rings. The van der Waals surface area contributed by atoms with Crippen molar-refractivity contribution >= 4 is 17.2 Å². The van der Waals surface area contributed by atoms with Gasteiger partial charge in [0.05, 0.1) is 11.2 Å². The maximum absolute atomic E-state index is 11.7. The number of hydrogen-bond acceptors (Lipinski definition) is 1. The lowest BCUT2D eigenvalue weighted by molar-refractivity contribution is 0.112. The van der Waals surface area contributed by atoms with Gasteiger partial charge in [-0.15, -0.1) is 0 Å². The van der Waals surface area contributed by atoms with Crippen molar-refractivity contribution in [2.24, 2.45) is 0 Å². The van der Waals surface area contributed by atoms with Crippen molar-refractivity contribution in [3.8, 4) is 11.3 Å². The molecule has 0 unspecified atom stereocenters. The number of aryl methyl sites for hydroxylation is 2. The number of fused-ring (bicyclic) bond motifs is 1. The normalized spacial score (nSPS) is 11.3. The fourth-order valence-corrected chi connectivity index (χ4v) is 3.08. The molecule has 0 aliphatic carbocycles. The summed E-state index contributed by atoms with van der Waals surface area (Å²) in [4.78, 5) is 15.3. The molecule has 0 aliphatic rings. The summed E-state index contributed by atoms with van der Waals surface area (Å²) >= 11 is 0. The Morgan fingerprint density at radius 3 is 2.55 bits per heavy atom. The largest absolute Gasteiger partial charge is 0.354 e. The second-order valence-electron chi connectivity index (χ2n) is 6.27. The number of aromatic nitrogens is 1. The summed E-state index contributed by atoms with van der Waals surface area (Å²) in [6, 6.07) is 12.5. The Hall–Kier alpha value is -2.35. The van der Waals surface area contributed by atoms with Crippen LogP contribution in [0.1, 0.15) is 46.8 Å². The number of carbonyl (C=O) groups excluding carboxylic acids is 1. The Balaban J connectivity index is 2.37. The minimum Gasteiger partial charge on any atom is -0.354 e. The van der Waals surface area contributed by atoms with E-state index in [1.165, 1.54) is 16.7 Å². The first kappa shape index (κ1) is 14.6. The number of rotatable bonds is 3. The third-order valence-electron chi connectivity index (χ3n) is 4.31. The van der Waals surface area contributed by atoms with Crippen LogP contribution >= 0.6 is 0 Å². The number of carbonyl (C=O) groups is 1. The van der Waals surface area contributed by atoms with E-state index in [-0.39, 0.29) is 0 Å². The monoisotopic (exact) mass is 291 g/mol. The molecule has 0 saturated heterocycles. The summed E-state index contributed by atoms with van der Waals surface area (Å²) in [6.07, 6.45) is 0.972. The number of aldehydes is 1. The van der Waals surface area contributed by atoms with Crippen LogP contribution in [0.2, 0.25) is 0 Å². The summed E-state index contributed by atoms with van der Waals surface area (Å²) in [5.74, 6) is 0.410. The van der Waals surface area contributed by atoms with E-state index >= 15 is 0 Å². The first-order valence-corrected chi connectivity index (χ1v) is 7.70. The van der Waals surface area contributed by atoms with Crippen molar-refractivity contribution in [3.05, 3.63) is 58.7 Å². The molecule has 1 aromatic heterocycles. The number of benzene rings is 2. The highest BCUT2D eigenvalue weighted by Crippen LogP contribution is 2.34. The number of H-pyrrole nitrogens is 1. The highest BCUT2D eigenvalue weighted by Gasteiger charge is 2.17. The standard InChI is InChI=1S/C20H21NO/c1-12(2)15-6-5-7-16-18(11-22)20(21-19(15)16)17-10-13(3)8-9-14(17)4/h5-12,21H,1-4H3. The van der Waals surface area contributed by atoms with E-state index in [9.17, 15) is 4.79 Å². The summed E-state index contributed by atoms with van der Waals surface area (Å²) in [7, 11) is 0. The summed E-state index contributed by atoms with van der Waals surface area (Å²) in [5, 5.41) is 1.01. The van der Waals surface area contributed by atoms with Gasteiger partial charge in [-0.2, -0.15) is 0 Å². The molecule has 0 spiro atoms. The van der Waals surface area contributed by atoms with Gasteiger partial charge in [-0.05, 0) is 37.0 Å². The van der Waals surface area contributed by atoms with E-state index in [1.54, 1.807) is 0 Å². The van der Waals surface area contributed by atoms with Crippen molar-refractivity contribution in [1.82, 2.24) is 4.98 Å². The molecule has 0 atom stereocenters. The van der Waals surface area contributed by atoms with Crippen LogP contribution in [0, 0.1) is 13.8 Å². The van der Waals surface area contributed by atoms with Crippen molar-refractivity contribution in [2.45, 2.75) is 33.6 Å². The van der Waals surface area contributed by atoms with Gasteiger partial charge < -0.3 is 4.98 Å². The van der Waals surface area contributed by atoms with E-state index in [2.05, 4.69) is 56.9 Å². The van der Waals surface area contributed by atoms with Crippen LogP contribution < -0.4 is 0 Å². The van der Waals surface area contributed by atoms with Gasteiger partial charge in [0.2, 0.25) is 0 Å². The van der Waals surface area contributed by atoms with Crippen LogP contribution in [0.15, 0.2) is 36.4 Å². The van der Waals surface area contributed by atoms with Gasteiger partial charge in [0.15, 0.2) is 6.29 Å². The van der Waals surface area contributed by atoms with Crippen LogP contribution in [0.25, 0.3) is 22.2 Å². The summed E-state index contributed by atoms with van der Waals surface area (Å²) in [6.45, 7) is 8.51. The molecule has 1 heterocycles. The SMILES string of the molecule is Cc1ccc(C)c(-c2[nH]c3c(C(C)C)cccc3c2C=O)c1. The molecule has 3 aromatic rings. The molecule has 0 amide bonds. The van der Waals surface area contributed by atoms with E-state index in [0.717, 1.165) is 34.0 Å². The molecule has 1 N–H and O–H groups in total. The molecule has 0 aliphatic heterocycles. The lowest BCUT2D eigenvalue weighted by Crippen LogP contribution is -1.89. The van der Waals surface area contributed by atoms with Gasteiger partial charge in [-0.1, -0.05) is 49.7 Å². The minimum absolute atomic E-state index is 0.410. The molecule has 2 aromatic carbocycles. The molecule has 0 radical (unpaired) electrons. The molecule has 3 rings (SSSR count). The Morgan fingerprint density at radius 2 is 1.86 bits per heavy atom. The zero-order chi connectivity index (χ0) is 15.9. The van der Waals surface area contributed by atoms with Gasteiger partial charge in [0.25, 0.3) is 0 Å². The third kappa shape index (κ3) is 2.25. The predicted octanol–water partition coefficient (Wildman–Crippen LogP) is 5.39. The molecule has 112 valence electrons. The maximum atomic E-state index is 11.7. The average molecular weight is 291 g/mol. The minimum atomic E-state index is 0.410. The van der Waals surface area contributed by atoms with Crippen molar-refractivity contribution < 1.29 is 4.79 Å². The van der Waals surface area contributed by atoms with Crippen LogP contribution in [-0.2, 0) is 0 Å². The molecule has 2 nitrogen and oxygen atoms in total. The number of para-hydroxylation sites is 1. The molecular weight excluding hydrogens is 270 g/mol. The predicted molar refractivity (Wildman–Crippen MR) is 92.7 cm³/mol. The smallest absolute Gasteiger partial charge is 0.152 e. The summed E-state index contributed by atoms with van der Waals surface area (Å²) in [5.41, 5.74) is 7.48. The fraction of sp³-hybridized carbons (Fsp3) is 0.250. The highest BCUT2D eigenvalue weighted by molar-refractivity contribution is 6.05. The Bertz CT molecular complexity index is 856. The second kappa shape index (κ2) is 5.45. The summed E-state index contributed by atoms with van der Waals surface area (Å²) < 4.78 is 0. The van der Waals surface area contributed by atoms with Gasteiger partial charge in [-0.3, -0.25) is 4.79 Å². The Morgan fingerprint density at radius 1 is 1.09 bits per heavy atom. The lowest BCUT2D eigenvalue weighted by Gasteiger charge is -2.07. The van der Waals surface area contributed by atoms with Crippen molar-refractivity contribution in [3.63, 3.8) is 0 Å². The molecule has 0 bridgehead atoms. The first-order valence-electron chi connectivity index (χ1n) is 7.70. The zero-order valence-electron chi connectivity index (χ0n) is 13.5. The van der Waals surface area contributed by atoms with Crippen LogP contribution in [0.4, 0.5) is 0 Å².